The lowest BCUT2D eigenvalue weighted by Gasteiger charge is -2.14. The monoisotopic (exact) mass is 417 g/mol. The number of nitrogens with zero attached hydrogens (tertiary/aromatic N) is 4. The molecule has 29 heavy (non-hydrogen) atoms. The first-order chi connectivity index (χ1) is 13.9. The fourth-order valence-corrected chi connectivity index (χ4v) is 2.75. The Morgan fingerprint density at radius 1 is 1.14 bits per heavy atom. The Hall–Kier alpha value is -3.53. The minimum Gasteiger partial charge on any atom is -0.467 e. The van der Waals surface area contributed by atoms with Crippen molar-refractivity contribution < 1.29 is 4.42 Å². The third-order valence-corrected chi connectivity index (χ3v) is 4.24. The van der Waals surface area contributed by atoms with Gasteiger partial charge in [-0.15, -0.1) is 0 Å². The maximum Gasteiger partial charge on any atom is 0.355 e. The second-order valence-corrected chi connectivity index (χ2v) is 6.55. The van der Waals surface area contributed by atoms with E-state index in [1.807, 2.05) is 0 Å². The summed E-state index contributed by atoms with van der Waals surface area (Å²) in [5.74, 6) is 0.596. The van der Waals surface area contributed by atoms with E-state index in [2.05, 4.69) is 15.3 Å². The van der Waals surface area contributed by atoms with Crippen LogP contribution in [0.15, 0.2) is 61.7 Å². The van der Waals surface area contributed by atoms with Crippen molar-refractivity contribution in [1.29, 1.82) is 0 Å². The van der Waals surface area contributed by atoms with Gasteiger partial charge in [0.1, 0.15) is 5.76 Å². The molecule has 0 unspecified atom stereocenters. The number of hydrogen-bond acceptors (Lipinski definition) is 6. The molecule has 0 radical (unpaired) electrons. The minimum atomic E-state index is -0.676. The number of anilines is 1. The minimum absolute atomic E-state index is 0.0499. The molecule has 0 fully saturated rings. The van der Waals surface area contributed by atoms with Crippen LogP contribution >= 0.6 is 11.6 Å². The van der Waals surface area contributed by atoms with Crippen LogP contribution in [0.2, 0.25) is 5.02 Å². The summed E-state index contributed by atoms with van der Waals surface area (Å²) in [7, 11) is 0. The maximum atomic E-state index is 13.1. The molecule has 0 aliphatic carbocycles. The van der Waals surface area contributed by atoms with E-state index >= 15 is 0 Å². The Morgan fingerprint density at radius 3 is 2.55 bits per heavy atom. The summed E-state index contributed by atoms with van der Waals surface area (Å²) in [5, 5.41) is 3.49. The van der Waals surface area contributed by atoms with Crippen LogP contribution < -0.4 is 28.2 Å². The van der Waals surface area contributed by atoms with Gasteiger partial charge in [0.05, 0.1) is 25.9 Å². The van der Waals surface area contributed by atoms with Crippen molar-refractivity contribution in [1.82, 2.24) is 14.1 Å². The molecule has 3 rings (SSSR count). The van der Waals surface area contributed by atoms with Crippen molar-refractivity contribution in [2.24, 2.45) is 16.5 Å². The third-order valence-electron chi connectivity index (χ3n) is 3.99. The van der Waals surface area contributed by atoms with E-state index in [-0.39, 0.29) is 38.1 Å². The lowest BCUT2D eigenvalue weighted by molar-refractivity contribution is 0.476. The molecule has 2 heterocycles. The van der Waals surface area contributed by atoms with Crippen LogP contribution in [-0.2, 0) is 13.1 Å². The number of rotatable bonds is 8. The maximum absolute atomic E-state index is 13.1. The van der Waals surface area contributed by atoms with Crippen LogP contribution in [-0.4, -0.2) is 33.2 Å². The van der Waals surface area contributed by atoms with E-state index < -0.39 is 11.4 Å². The van der Waals surface area contributed by atoms with Gasteiger partial charge in [0.25, 0.3) is 0 Å². The molecular weight excluding hydrogens is 398 g/mol. The number of guanidine groups is 1. The molecule has 1 aromatic carbocycles. The van der Waals surface area contributed by atoms with Gasteiger partial charge < -0.3 is 21.2 Å². The summed E-state index contributed by atoms with van der Waals surface area (Å²) in [6.45, 7) is 0.703. The molecular formula is C18H20ClN7O3. The van der Waals surface area contributed by atoms with Crippen molar-refractivity contribution in [3.63, 3.8) is 0 Å². The van der Waals surface area contributed by atoms with Crippen molar-refractivity contribution in [2.45, 2.75) is 13.1 Å². The highest BCUT2D eigenvalue weighted by molar-refractivity contribution is 6.30. The van der Waals surface area contributed by atoms with E-state index in [1.54, 1.807) is 36.4 Å². The smallest absolute Gasteiger partial charge is 0.355 e. The number of halogens is 1. The molecule has 0 aliphatic heterocycles. The zero-order chi connectivity index (χ0) is 20.8. The molecule has 10 nitrogen and oxygen atoms in total. The fraction of sp³-hybridized carbons (Fsp3) is 0.222. The van der Waals surface area contributed by atoms with Gasteiger partial charge in [-0.25, -0.2) is 14.2 Å². The largest absolute Gasteiger partial charge is 0.467 e. The third kappa shape index (κ3) is 5.26. The molecule has 11 heteroatoms. The second-order valence-electron chi connectivity index (χ2n) is 6.11. The summed E-state index contributed by atoms with van der Waals surface area (Å²) < 4.78 is 7.71. The van der Waals surface area contributed by atoms with Gasteiger partial charge in [-0.2, -0.15) is 4.98 Å². The standard InChI is InChI=1S/C18H20ClN7O3/c19-13-5-3-12(4-6-13)10-26-17(27)24-16(23-8-7-22-15(20)21)25(18(26)28)11-14-2-1-9-29-14/h1-6,9H,7-8,10-11H2,(H4,20,21,22)(H,23,24,27). The van der Waals surface area contributed by atoms with Crippen LogP contribution in [0.3, 0.4) is 0 Å². The van der Waals surface area contributed by atoms with Crippen molar-refractivity contribution in [2.75, 3.05) is 18.4 Å². The number of furan rings is 1. The first-order valence-corrected chi connectivity index (χ1v) is 9.09. The van der Waals surface area contributed by atoms with Gasteiger partial charge in [-0.05, 0) is 29.8 Å². The number of aliphatic imine (C=N–C) groups is 1. The second kappa shape index (κ2) is 9.11. The Morgan fingerprint density at radius 2 is 1.90 bits per heavy atom. The Kier molecular flexibility index (Phi) is 6.35. The SMILES string of the molecule is NC(N)=NCCNc1nc(=O)n(Cc2ccc(Cl)cc2)c(=O)n1Cc1ccco1. The van der Waals surface area contributed by atoms with Gasteiger partial charge in [0, 0.05) is 11.6 Å². The number of benzene rings is 1. The number of hydrogen-bond donors (Lipinski definition) is 3. The van der Waals surface area contributed by atoms with Crippen LogP contribution in [0, 0.1) is 0 Å². The molecule has 0 aliphatic rings. The average molecular weight is 418 g/mol. The summed E-state index contributed by atoms with van der Waals surface area (Å²) in [4.78, 5) is 33.4. The van der Waals surface area contributed by atoms with E-state index in [0.29, 0.717) is 10.8 Å². The van der Waals surface area contributed by atoms with Crippen molar-refractivity contribution in [3.05, 3.63) is 80.0 Å². The van der Waals surface area contributed by atoms with Gasteiger partial charge in [-0.1, -0.05) is 23.7 Å². The lowest BCUT2D eigenvalue weighted by atomic mass is 10.2. The zero-order valence-corrected chi connectivity index (χ0v) is 16.2. The van der Waals surface area contributed by atoms with Gasteiger partial charge >= 0.3 is 11.4 Å². The van der Waals surface area contributed by atoms with E-state index in [9.17, 15) is 9.59 Å². The molecule has 0 amide bonds. The van der Waals surface area contributed by atoms with Crippen LogP contribution in [0.4, 0.5) is 5.95 Å². The highest BCUT2D eigenvalue weighted by atomic mass is 35.5. The van der Waals surface area contributed by atoms with Crippen molar-refractivity contribution in [3.8, 4) is 0 Å². The lowest BCUT2D eigenvalue weighted by Crippen LogP contribution is -2.43. The molecule has 3 aromatic rings. The first-order valence-electron chi connectivity index (χ1n) is 8.72. The number of nitrogens with one attached hydrogen (secondary N) is 1. The molecule has 0 bridgehead atoms. The molecule has 0 spiro atoms. The highest BCUT2D eigenvalue weighted by Crippen LogP contribution is 2.10. The van der Waals surface area contributed by atoms with E-state index in [0.717, 1.165) is 10.1 Å². The number of aromatic nitrogens is 3. The molecule has 0 saturated heterocycles. The average Bonchev–Trinajstić information content (AvgIpc) is 3.19. The fourth-order valence-electron chi connectivity index (χ4n) is 2.63. The number of nitrogens with two attached hydrogens (primary N) is 2. The van der Waals surface area contributed by atoms with E-state index in [1.165, 1.54) is 10.8 Å². The first kappa shape index (κ1) is 20.2. The predicted octanol–water partition coefficient (Wildman–Crippen LogP) is 0.433. The Balaban J connectivity index is 1.95. The molecule has 5 N–H and O–H groups in total. The summed E-state index contributed by atoms with van der Waals surface area (Å²) in [6, 6.07) is 10.3. The molecule has 0 saturated carbocycles. The molecule has 152 valence electrons. The van der Waals surface area contributed by atoms with Gasteiger partial charge in [0.2, 0.25) is 5.95 Å². The van der Waals surface area contributed by atoms with Crippen molar-refractivity contribution >= 4 is 23.5 Å². The topological polar surface area (TPSA) is 146 Å². The molecule has 2 aromatic heterocycles. The summed E-state index contributed by atoms with van der Waals surface area (Å²) in [5.41, 5.74) is 10.1. The quantitative estimate of drug-likeness (QED) is 0.273. The zero-order valence-electron chi connectivity index (χ0n) is 15.4. The highest BCUT2D eigenvalue weighted by Gasteiger charge is 2.15. The molecule has 0 atom stereocenters. The summed E-state index contributed by atoms with van der Waals surface area (Å²) >= 11 is 5.89. The Bertz CT molecular complexity index is 1100. The Labute approximate surface area is 170 Å². The van der Waals surface area contributed by atoms with Crippen LogP contribution in [0.5, 0.6) is 0 Å². The predicted molar refractivity (Wildman–Crippen MR) is 110 cm³/mol. The normalized spacial score (nSPS) is 10.7. The van der Waals surface area contributed by atoms with Gasteiger partial charge in [0.15, 0.2) is 5.96 Å². The summed E-state index contributed by atoms with van der Waals surface area (Å²) in [6.07, 6.45) is 1.50. The van der Waals surface area contributed by atoms with Crippen LogP contribution in [0.1, 0.15) is 11.3 Å². The van der Waals surface area contributed by atoms with E-state index in [4.69, 9.17) is 27.5 Å². The van der Waals surface area contributed by atoms with Gasteiger partial charge in [-0.3, -0.25) is 9.56 Å². The van der Waals surface area contributed by atoms with Crippen LogP contribution in [0.25, 0.3) is 0 Å².